The number of rotatable bonds is 7. The van der Waals surface area contributed by atoms with Crippen LogP contribution in [0.4, 0.5) is 0 Å². The van der Waals surface area contributed by atoms with Crippen LogP contribution in [-0.2, 0) is 11.3 Å². The molecule has 2 heterocycles. The van der Waals surface area contributed by atoms with Gasteiger partial charge >= 0.3 is 6.01 Å². The summed E-state index contributed by atoms with van der Waals surface area (Å²) in [6, 6.07) is 9.34. The third kappa shape index (κ3) is 4.14. The molecule has 0 spiro atoms. The first-order chi connectivity index (χ1) is 11.7. The zero-order valence-corrected chi connectivity index (χ0v) is 13.5. The van der Waals surface area contributed by atoms with E-state index in [1.807, 2.05) is 19.1 Å². The molecule has 124 valence electrons. The largest absolute Gasteiger partial charge is 0.424 e. The summed E-state index contributed by atoms with van der Waals surface area (Å²) in [5, 5.41) is 3.97. The van der Waals surface area contributed by atoms with Crippen molar-refractivity contribution >= 4 is 0 Å². The van der Waals surface area contributed by atoms with Crippen molar-refractivity contribution in [3.63, 3.8) is 0 Å². The van der Waals surface area contributed by atoms with Gasteiger partial charge in [0.25, 0.3) is 5.89 Å². The lowest BCUT2D eigenvalue weighted by Crippen LogP contribution is -2.06. The topological polar surface area (TPSA) is 83.2 Å². The van der Waals surface area contributed by atoms with Crippen molar-refractivity contribution in [1.29, 1.82) is 0 Å². The van der Waals surface area contributed by atoms with Crippen LogP contribution in [-0.4, -0.2) is 26.2 Å². The molecule has 2 aromatic heterocycles. The first kappa shape index (κ1) is 16.1. The van der Waals surface area contributed by atoms with Crippen LogP contribution in [0.15, 0.2) is 47.2 Å². The molecule has 0 aliphatic carbocycles. The van der Waals surface area contributed by atoms with E-state index in [0.717, 1.165) is 12.0 Å². The summed E-state index contributed by atoms with van der Waals surface area (Å²) < 4.78 is 16.3. The van der Waals surface area contributed by atoms with Crippen molar-refractivity contribution in [2.75, 3.05) is 0 Å². The maximum absolute atomic E-state index is 5.58. The van der Waals surface area contributed by atoms with Crippen LogP contribution in [0.5, 0.6) is 11.8 Å². The summed E-state index contributed by atoms with van der Waals surface area (Å²) in [6.07, 6.45) is 4.35. The summed E-state index contributed by atoms with van der Waals surface area (Å²) in [5.74, 6) is 1.61. The highest BCUT2D eigenvalue weighted by molar-refractivity contribution is 5.55. The van der Waals surface area contributed by atoms with Crippen LogP contribution < -0.4 is 4.74 Å². The lowest BCUT2D eigenvalue weighted by Gasteiger charge is -2.06. The first-order valence-corrected chi connectivity index (χ1v) is 7.74. The van der Waals surface area contributed by atoms with E-state index < -0.39 is 0 Å². The molecular weight excluding hydrogens is 308 g/mol. The van der Waals surface area contributed by atoms with E-state index in [0.29, 0.717) is 30.1 Å². The maximum Gasteiger partial charge on any atom is 0.321 e. The molecule has 7 nitrogen and oxygen atoms in total. The third-order valence-electron chi connectivity index (χ3n) is 3.40. The van der Waals surface area contributed by atoms with Crippen LogP contribution in [0.1, 0.15) is 26.2 Å². The smallest absolute Gasteiger partial charge is 0.321 e. The molecule has 3 aromatic rings. The Kier molecular flexibility index (Phi) is 5.12. The molecule has 0 aliphatic heterocycles. The van der Waals surface area contributed by atoms with Crippen molar-refractivity contribution in [1.82, 2.24) is 20.1 Å². The number of nitrogens with zero attached hydrogens (tertiary/aromatic N) is 4. The van der Waals surface area contributed by atoms with Crippen molar-refractivity contribution in [2.45, 2.75) is 33.0 Å². The van der Waals surface area contributed by atoms with E-state index in [2.05, 4.69) is 27.0 Å². The van der Waals surface area contributed by atoms with Crippen LogP contribution in [0, 0.1) is 0 Å². The zero-order chi connectivity index (χ0) is 16.8. The fourth-order valence-electron chi connectivity index (χ4n) is 1.88. The van der Waals surface area contributed by atoms with Gasteiger partial charge in [-0.05, 0) is 43.7 Å². The minimum Gasteiger partial charge on any atom is -0.424 e. The summed E-state index contributed by atoms with van der Waals surface area (Å²) in [4.78, 5) is 12.4. The van der Waals surface area contributed by atoms with Gasteiger partial charge in [-0.25, -0.2) is 9.97 Å². The number of hydrogen-bond acceptors (Lipinski definition) is 7. The Hall–Kier alpha value is -2.80. The highest BCUT2D eigenvalue weighted by Crippen LogP contribution is 2.22. The van der Waals surface area contributed by atoms with Gasteiger partial charge in [0.1, 0.15) is 12.4 Å². The second kappa shape index (κ2) is 7.65. The molecule has 1 aromatic carbocycles. The molecule has 0 aliphatic rings. The van der Waals surface area contributed by atoms with Gasteiger partial charge < -0.3 is 14.0 Å². The monoisotopic (exact) mass is 326 g/mol. The lowest BCUT2D eigenvalue weighted by molar-refractivity contribution is 0.0352. The van der Waals surface area contributed by atoms with Crippen molar-refractivity contribution in [3.05, 3.63) is 48.6 Å². The maximum atomic E-state index is 5.58. The molecule has 0 N–H and O–H groups in total. The Balaban J connectivity index is 1.64. The summed E-state index contributed by atoms with van der Waals surface area (Å²) in [6.45, 7) is 4.38. The van der Waals surface area contributed by atoms with Gasteiger partial charge in [0, 0.05) is 18.0 Å². The zero-order valence-electron chi connectivity index (χ0n) is 13.5. The fourth-order valence-corrected chi connectivity index (χ4v) is 1.88. The molecule has 7 heteroatoms. The Morgan fingerprint density at radius 2 is 1.88 bits per heavy atom. The predicted octanol–water partition coefficient (Wildman–Crippen LogP) is 3.63. The molecule has 1 unspecified atom stereocenters. The Morgan fingerprint density at radius 3 is 2.58 bits per heavy atom. The second-order valence-electron chi connectivity index (χ2n) is 5.20. The van der Waals surface area contributed by atoms with Crippen LogP contribution in [0.25, 0.3) is 11.4 Å². The van der Waals surface area contributed by atoms with Gasteiger partial charge in [-0.2, -0.15) is 4.98 Å². The van der Waals surface area contributed by atoms with Crippen molar-refractivity contribution < 1.29 is 14.0 Å². The lowest BCUT2D eigenvalue weighted by atomic mass is 10.2. The SMILES string of the molecule is CCC(C)OCc1nc(-c2ccc(Oc3ncccn3)cc2)no1. The molecule has 3 rings (SSSR count). The highest BCUT2D eigenvalue weighted by atomic mass is 16.5. The van der Waals surface area contributed by atoms with Crippen LogP contribution in [0.3, 0.4) is 0 Å². The highest BCUT2D eigenvalue weighted by Gasteiger charge is 2.10. The van der Waals surface area contributed by atoms with Crippen LogP contribution >= 0.6 is 0 Å². The Bertz CT molecular complexity index is 759. The molecule has 0 fully saturated rings. The average molecular weight is 326 g/mol. The summed E-state index contributed by atoms with van der Waals surface area (Å²) in [7, 11) is 0. The predicted molar refractivity (Wildman–Crippen MR) is 86.4 cm³/mol. The molecule has 0 saturated heterocycles. The number of aromatic nitrogens is 4. The molecule has 0 bridgehead atoms. The second-order valence-corrected chi connectivity index (χ2v) is 5.20. The van der Waals surface area contributed by atoms with E-state index in [-0.39, 0.29) is 6.10 Å². The van der Waals surface area contributed by atoms with Gasteiger partial charge in [0.05, 0.1) is 6.10 Å². The van der Waals surface area contributed by atoms with Crippen molar-refractivity contribution in [3.8, 4) is 23.1 Å². The molecular formula is C17H18N4O3. The van der Waals surface area contributed by atoms with Crippen LogP contribution in [0.2, 0.25) is 0 Å². The van der Waals surface area contributed by atoms with E-state index in [4.69, 9.17) is 14.0 Å². The molecule has 0 amide bonds. The summed E-state index contributed by atoms with van der Waals surface area (Å²) >= 11 is 0. The number of ether oxygens (including phenoxy) is 2. The summed E-state index contributed by atoms with van der Waals surface area (Å²) in [5.41, 5.74) is 0.829. The van der Waals surface area contributed by atoms with Gasteiger partial charge in [-0.15, -0.1) is 0 Å². The number of hydrogen-bond donors (Lipinski definition) is 0. The fraction of sp³-hybridized carbons (Fsp3) is 0.294. The minimum atomic E-state index is 0.164. The normalized spacial score (nSPS) is 12.1. The van der Waals surface area contributed by atoms with E-state index >= 15 is 0 Å². The number of benzene rings is 1. The quantitative estimate of drug-likeness (QED) is 0.655. The van der Waals surface area contributed by atoms with Gasteiger partial charge in [-0.1, -0.05) is 12.1 Å². The Morgan fingerprint density at radius 1 is 1.12 bits per heavy atom. The molecule has 0 radical (unpaired) electrons. The standard InChI is InChI=1S/C17H18N4O3/c1-3-12(2)22-11-15-20-16(21-24-15)13-5-7-14(8-6-13)23-17-18-9-4-10-19-17/h4-10,12H,3,11H2,1-2H3. The van der Waals surface area contributed by atoms with E-state index in [1.165, 1.54) is 0 Å². The molecule has 1 atom stereocenters. The van der Waals surface area contributed by atoms with E-state index in [9.17, 15) is 0 Å². The average Bonchev–Trinajstić information content (AvgIpc) is 3.10. The Labute approximate surface area is 139 Å². The first-order valence-electron chi connectivity index (χ1n) is 7.74. The molecule has 0 saturated carbocycles. The third-order valence-corrected chi connectivity index (χ3v) is 3.40. The molecule has 24 heavy (non-hydrogen) atoms. The van der Waals surface area contributed by atoms with Gasteiger partial charge in [0.2, 0.25) is 5.82 Å². The van der Waals surface area contributed by atoms with Gasteiger partial charge in [0.15, 0.2) is 0 Å². The van der Waals surface area contributed by atoms with Crippen molar-refractivity contribution in [2.24, 2.45) is 0 Å². The van der Waals surface area contributed by atoms with Gasteiger partial charge in [-0.3, -0.25) is 0 Å². The minimum absolute atomic E-state index is 0.164. The van der Waals surface area contributed by atoms with E-state index in [1.54, 1.807) is 30.6 Å².